The highest BCUT2D eigenvalue weighted by Gasteiger charge is 2.28. The van der Waals surface area contributed by atoms with E-state index in [9.17, 15) is 9.50 Å². The minimum atomic E-state index is -0.203. The minimum absolute atomic E-state index is 0.152. The molecule has 1 N–H and O–H groups in total. The van der Waals surface area contributed by atoms with Gasteiger partial charge in [-0.1, -0.05) is 38.1 Å². The van der Waals surface area contributed by atoms with E-state index in [1.54, 1.807) is 12.1 Å². The summed E-state index contributed by atoms with van der Waals surface area (Å²) in [5.41, 5.74) is 1.17. The first-order valence-electron chi connectivity index (χ1n) is 7.27. The van der Waals surface area contributed by atoms with E-state index >= 15 is 0 Å². The van der Waals surface area contributed by atoms with Gasteiger partial charge in [0.2, 0.25) is 0 Å². The maximum absolute atomic E-state index is 12.8. The minimum Gasteiger partial charge on any atom is -0.393 e. The second kappa shape index (κ2) is 6.51. The number of rotatable bonds is 3. The van der Waals surface area contributed by atoms with Crippen molar-refractivity contribution in [3.8, 4) is 0 Å². The largest absolute Gasteiger partial charge is 0.393 e. The number of hydrogen-bond acceptors (Lipinski definition) is 2. The number of aliphatic hydroxyl groups excluding tert-OH is 1. The van der Waals surface area contributed by atoms with Gasteiger partial charge in [-0.05, 0) is 36.0 Å². The highest BCUT2D eigenvalue weighted by molar-refractivity contribution is 5.48. The summed E-state index contributed by atoms with van der Waals surface area (Å²) in [7, 11) is 0. The molecule has 1 aliphatic rings. The highest BCUT2D eigenvalue weighted by atomic mass is 19.1. The summed E-state index contributed by atoms with van der Waals surface area (Å²) in [6.45, 7) is 7.21. The third-order valence-electron chi connectivity index (χ3n) is 3.76. The van der Waals surface area contributed by atoms with Crippen LogP contribution in [0.25, 0.3) is 6.08 Å². The van der Waals surface area contributed by atoms with E-state index in [1.807, 2.05) is 6.08 Å². The molecule has 0 saturated carbocycles. The molecule has 1 heterocycles. The van der Waals surface area contributed by atoms with Crippen molar-refractivity contribution in [2.24, 2.45) is 5.41 Å². The Labute approximate surface area is 120 Å². The number of likely N-dealkylation sites (tertiary alicyclic amines) is 1. The number of hydrogen-bond donors (Lipinski definition) is 1. The van der Waals surface area contributed by atoms with Gasteiger partial charge in [0, 0.05) is 19.6 Å². The molecule has 0 bridgehead atoms. The van der Waals surface area contributed by atoms with Crippen LogP contribution in [0, 0.1) is 11.2 Å². The Morgan fingerprint density at radius 2 is 2.05 bits per heavy atom. The standard InChI is InChI=1S/C17H24FNO/c1-17(2)12-16(20)9-11-19(13-17)10-3-4-14-5-7-15(18)8-6-14/h3-8,16,20H,9-13H2,1-2H3/b4-3+/t16-/m1/s1. The van der Waals surface area contributed by atoms with Gasteiger partial charge < -0.3 is 5.11 Å². The molecule has 0 aliphatic carbocycles. The van der Waals surface area contributed by atoms with Gasteiger partial charge in [0.15, 0.2) is 0 Å². The predicted octanol–water partition coefficient (Wildman–Crippen LogP) is 3.32. The van der Waals surface area contributed by atoms with E-state index in [2.05, 4.69) is 24.8 Å². The van der Waals surface area contributed by atoms with E-state index in [0.29, 0.717) is 0 Å². The monoisotopic (exact) mass is 277 g/mol. The molecule has 20 heavy (non-hydrogen) atoms. The highest BCUT2D eigenvalue weighted by Crippen LogP contribution is 2.28. The van der Waals surface area contributed by atoms with Gasteiger partial charge in [0.1, 0.15) is 5.82 Å². The quantitative estimate of drug-likeness (QED) is 0.916. The van der Waals surface area contributed by atoms with Crippen molar-refractivity contribution >= 4 is 6.08 Å². The Hall–Kier alpha value is -1.19. The molecule has 2 rings (SSSR count). The second-order valence-corrected chi connectivity index (χ2v) is 6.50. The van der Waals surface area contributed by atoms with Crippen molar-refractivity contribution in [1.29, 1.82) is 0 Å². The fourth-order valence-electron chi connectivity index (χ4n) is 2.89. The zero-order valence-corrected chi connectivity index (χ0v) is 12.3. The van der Waals surface area contributed by atoms with Crippen molar-refractivity contribution in [3.63, 3.8) is 0 Å². The molecule has 1 saturated heterocycles. The smallest absolute Gasteiger partial charge is 0.123 e. The van der Waals surface area contributed by atoms with Gasteiger partial charge in [-0.2, -0.15) is 0 Å². The summed E-state index contributed by atoms with van der Waals surface area (Å²) in [4.78, 5) is 2.37. The SMILES string of the molecule is CC1(C)C[C@H](O)CCN(C/C=C/c2ccc(F)cc2)C1. The molecule has 1 atom stereocenters. The summed E-state index contributed by atoms with van der Waals surface area (Å²) in [5, 5.41) is 9.89. The zero-order chi connectivity index (χ0) is 14.6. The lowest BCUT2D eigenvalue weighted by atomic mass is 9.87. The van der Waals surface area contributed by atoms with Gasteiger partial charge in [-0.3, -0.25) is 4.90 Å². The molecule has 3 heteroatoms. The average Bonchev–Trinajstić information content (AvgIpc) is 2.49. The number of aliphatic hydroxyl groups is 1. The van der Waals surface area contributed by atoms with E-state index in [-0.39, 0.29) is 17.3 Å². The fourth-order valence-corrected chi connectivity index (χ4v) is 2.89. The van der Waals surface area contributed by atoms with Crippen LogP contribution >= 0.6 is 0 Å². The van der Waals surface area contributed by atoms with Gasteiger partial charge in [-0.25, -0.2) is 4.39 Å². The van der Waals surface area contributed by atoms with Crippen molar-refractivity contribution in [3.05, 3.63) is 41.7 Å². The summed E-state index contributed by atoms with van der Waals surface area (Å²) >= 11 is 0. The molecular formula is C17H24FNO. The average molecular weight is 277 g/mol. The molecule has 2 nitrogen and oxygen atoms in total. The van der Waals surface area contributed by atoms with E-state index in [0.717, 1.165) is 38.0 Å². The molecule has 110 valence electrons. The fraction of sp³-hybridized carbons (Fsp3) is 0.529. The number of benzene rings is 1. The molecule has 1 aromatic carbocycles. The third kappa shape index (κ3) is 4.73. The number of nitrogens with zero attached hydrogens (tertiary/aromatic N) is 1. The molecule has 0 amide bonds. The van der Waals surface area contributed by atoms with Crippen molar-refractivity contribution in [1.82, 2.24) is 4.90 Å². The molecule has 0 radical (unpaired) electrons. The van der Waals surface area contributed by atoms with Gasteiger partial charge in [0.05, 0.1) is 6.10 Å². The molecular weight excluding hydrogens is 253 g/mol. The lowest BCUT2D eigenvalue weighted by molar-refractivity contribution is 0.122. The van der Waals surface area contributed by atoms with Crippen LogP contribution in [0.3, 0.4) is 0 Å². The third-order valence-corrected chi connectivity index (χ3v) is 3.76. The van der Waals surface area contributed by atoms with Crippen LogP contribution in [-0.4, -0.2) is 35.7 Å². The van der Waals surface area contributed by atoms with Crippen LogP contribution in [0.5, 0.6) is 0 Å². The predicted molar refractivity (Wildman–Crippen MR) is 80.9 cm³/mol. The topological polar surface area (TPSA) is 23.5 Å². The van der Waals surface area contributed by atoms with Gasteiger partial charge in [-0.15, -0.1) is 0 Å². The Balaban J connectivity index is 1.91. The molecule has 0 aromatic heterocycles. The molecule has 1 aromatic rings. The second-order valence-electron chi connectivity index (χ2n) is 6.50. The lowest BCUT2D eigenvalue weighted by Crippen LogP contribution is -2.32. The Morgan fingerprint density at radius 3 is 2.75 bits per heavy atom. The van der Waals surface area contributed by atoms with E-state index in [1.165, 1.54) is 12.1 Å². The van der Waals surface area contributed by atoms with E-state index in [4.69, 9.17) is 0 Å². The van der Waals surface area contributed by atoms with Crippen LogP contribution in [0.4, 0.5) is 4.39 Å². The van der Waals surface area contributed by atoms with Crippen molar-refractivity contribution in [2.45, 2.75) is 32.8 Å². The van der Waals surface area contributed by atoms with Crippen molar-refractivity contribution < 1.29 is 9.50 Å². The van der Waals surface area contributed by atoms with Gasteiger partial charge in [0.25, 0.3) is 0 Å². The Kier molecular flexibility index (Phi) is 4.95. The molecule has 0 spiro atoms. The Bertz CT molecular complexity index is 453. The first-order valence-corrected chi connectivity index (χ1v) is 7.27. The van der Waals surface area contributed by atoms with Crippen LogP contribution in [-0.2, 0) is 0 Å². The summed E-state index contributed by atoms with van der Waals surface area (Å²) in [6.07, 6.45) is 5.66. The van der Waals surface area contributed by atoms with E-state index < -0.39 is 0 Å². The lowest BCUT2D eigenvalue weighted by Gasteiger charge is -2.28. The summed E-state index contributed by atoms with van der Waals surface area (Å²) < 4.78 is 12.8. The van der Waals surface area contributed by atoms with Crippen LogP contribution < -0.4 is 0 Å². The normalized spacial score (nSPS) is 23.9. The molecule has 1 aliphatic heterocycles. The zero-order valence-electron chi connectivity index (χ0n) is 12.3. The first-order chi connectivity index (χ1) is 9.44. The van der Waals surface area contributed by atoms with Gasteiger partial charge >= 0.3 is 0 Å². The maximum atomic E-state index is 12.8. The van der Waals surface area contributed by atoms with Crippen LogP contribution in [0.15, 0.2) is 30.3 Å². The molecule has 0 unspecified atom stereocenters. The van der Waals surface area contributed by atoms with Crippen LogP contribution in [0.2, 0.25) is 0 Å². The first kappa shape index (κ1) is 15.2. The summed E-state index contributed by atoms with van der Waals surface area (Å²) in [6, 6.07) is 6.51. The van der Waals surface area contributed by atoms with Crippen molar-refractivity contribution in [2.75, 3.05) is 19.6 Å². The van der Waals surface area contributed by atoms with Crippen LogP contribution in [0.1, 0.15) is 32.3 Å². The number of halogens is 1. The summed E-state index contributed by atoms with van der Waals surface area (Å²) in [5.74, 6) is -0.203. The Morgan fingerprint density at radius 1 is 1.35 bits per heavy atom. The maximum Gasteiger partial charge on any atom is 0.123 e. The molecule has 1 fully saturated rings.